The smallest absolute Gasteiger partial charge is 0.410 e. The standard InChI is InChI=1S/C17H26N2O2S/c1-17(2,3)21-16(20)19-9-8-18-13(11-19)15-10-12-6-4-5-7-14(12)22-15/h10,13,18H,4-9,11H2,1-3H3. The summed E-state index contributed by atoms with van der Waals surface area (Å²) in [6.07, 6.45) is 4.87. The minimum Gasteiger partial charge on any atom is -0.444 e. The molecule has 0 aromatic carbocycles. The summed E-state index contributed by atoms with van der Waals surface area (Å²) in [6, 6.07) is 2.60. The van der Waals surface area contributed by atoms with E-state index in [-0.39, 0.29) is 12.1 Å². The fraction of sp³-hybridized carbons (Fsp3) is 0.706. The zero-order valence-electron chi connectivity index (χ0n) is 13.8. The third-order valence-corrected chi connectivity index (χ3v) is 5.54. The van der Waals surface area contributed by atoms with Crippen molar-refractivity contribution in [2.24, 2.45) is 0 Å². The van der Waals surface area contributed by atoms with Crippen LogP contribution in [0.1, 0.15) is 55.0 Å². The lowest BCUT2D eigenvalue weighted by molar-refractivity contribution is 0.0196. The van der Waals surface area contributed by atoms with E-state index < -0.39 is 5.60 Å². The number of nitrogens with zero attached hydrogens (tertiary/aromatic N) is 1. The molecule has 1 aromatic rings. The van der Waals surface area contributed by atoms with Gasteiger partial charge in [0.15, 0.2) is 0 Å². The highest BCUT2D eigenvalue weighted by atomic mass is 32.1. The second kappa shape index (κ2) is 6.20. The second-order valence-electron chi connectivity index (χ2n) is 7.24. The van der Waals surface area contributed by atoms with Gasteiger partial charge in [-0.2, -0.15) is 0 Å². The predicted octanol–water partition coefficient (Wildman–Crippen LogP) is 3.51. The lowest BCUT2D eigenvalue weighted by atomic mass is 9.98. The molecule has 1 atom stereocenters. The van der Waals surface area contributed by atoms with Crippen molar-refractivity contribution < 1.29 is 9.53 Å². The van der Waals surface area contributed by atoms with Crippen LogP contribution in [0.4, 0.5) is 4.79 Å². The molecule has 3 rings (SSSR count). The van der Waals surface area contributed by atoms with Gasteiger partial charge in [-0.3, -0.25) is 0 Å². The highest BCUT2D eigenvalue weighted by Crippen LogP contribution is 2.33. The number of hydrogen-bond acceptors (Lipinski definition) is 4. The Labute approximate surface area is 136 Å². The first-order valence-corrected chi connectivity index (χ1v) is 9.07. The molecule has 0 bridgehead atoms. The van der Waals surface area contributed by atoms with Crippen LogP contribution < -0.4 is 5.32 Å². The van der Waals surface area contributed by atoms with Gasteiger partial charge in [-0.25, -0.2) is 4.79 Å². The summed E-state index contributed by atoms with van der Waals surface area (Å²) in [4.78, 5) is 17.0. The number of aryl methyl sites for hydroxylation is 2. The lowest BCUT2D eigenvalue weighted by Crippen LogP contribution is -2.49. The quantitative estimate of drug-likeness (QED) is 0.860. The Morgan fingerprint density at radius 2 is 2.14 bits per heavy atom. The summed E-state index contributed by atoms with van der Waals surface area (Å²) in [5.74, 6) is 0. The minimum absolute atomic E-state index is 0.194. The Morgan fingerprint density at radius 1 is 1.36 bits per heavy atom. The minimum atomic E-state index is -0.431. The molecule has 1 aliphatic carbocycles. The molecule has 1 fully saturated rings. The first-order chi connectivity index (χ1) is 10.4. The molecule has 4 nitrogen and oxygen atoms in total. The van der Waals surface area contributed by atoms with Crippen molar-refractivity contribution in [2.45, 2.75) is 58.1 Å². The van der Waals surface area contributed by atoms with Crippen LogP contribution in [0.15, 0.2) is 6.07 Å². The molecular formula is C17H26N2O2S. The average Bonchev–Trinajstić information content (AvgIpc) is 2.89. The van der Waals surface area contributed by atoms with E-state index in [0.29, 0.717) is 6.54 Å². The summed E-state index contributed by atoms with van der Waals surface area (Å²) < 4.78 is 5.51. The maximum absolute atomic E-state index is 12.3. The Balaban J connectivity index is 1.68. The number of piperazine rings is 1. The molecule has 0 radical (unpaired) electrons. The molecule has 1 aliphatic heterocycles. The van der Waals surface area contributed by atoms with Crippen LogP contribution in [-0.4, -0.2) is 36.2 Å². The van der Waals surface area contributed by atoms with Crippen LogP contribution in [0, 0.1) is 0 Å². The van der Waals surface area contributed by atoms with Gasteiger partial charge in [0.05, 0.1) is 6.04 Å². The van der Waals surface area contributed by atoms with Crippen LogP contribution in [0.25, 0.3) is 0 Å². The largest absolute Gasteiger partial charge is 0.444 e. The van der Waals surface area contributed by atoms with Gasteiger partial charge < -0.3 is 15.0 Å². The fourth-order valence-corrected chi connectivity index (χ4v) is 4.44. The van der Waals surface area contributed by atoms with Crippen LogP contribution in [-0.2, 0) is 17.6 Å². The van der Waals surface area contributed by atoms with Crippen molar-refractivity contribution in [3.63, 3.8) is 0 Å². The van der Waals surface area contributed by atoms with Crippen LogP contribution in [0.2, 0.25) is 0 Å². The molecule has 0 saturated carbocycles. The van der Waals surface area contributed by atoms with Crippen LogP contribution in [0.3, 0.4) is 0 Å². The van der Waals surface area contributed by atoms with Crippen molar-refractivity contribution in [1.82, 2.24) is 10.2 Å². The molecule has 5 heteroatoms. The number of hydrogen-bond donors (Lipinski definition) is 1. The van der Waals surface area contributed by atoms with E-state index in [1.54, 1.807) is 4.88 Å². The number of ether oxygens (including phenoxy) is 1. The molecule has 1 unspecified atom stereocenters. The average molecular weight is 322 g/mol. The number of nitrogens with one attached hydrogen (secondary N) is 1. The van der Waals surface area contributed by atoms with Gasteiger partial charge in [0, 0.05) is 29.4 Å². The maximum atomic E-state index is 12.3. The van der Waals surface area contributed by atoms with Crippen molar-refractivity contribution in [1.29, 1.82) is 0 Å². The molecule has 0 spiro atoms. The number of carbonyl (C=O) groups excluding carboxylic acids is 1. The van der Waals surface area contributed by atoms with E-state index in [2.05, 4.69) is 11.4 Å². The first kappa shape index (κ1) is 15.8. The molecule has 122 valence electrons. The third-order valence-electron chi connectivity index (χ3n) is 4.19. The van der Waals surface area contributed by atoms with Crippen LogP contribution in [0.5, 0.6) is 0 Å². The summed E-state index contributed by atoms with van der Waals surface area (Å²) in [7, 11) is 0. The molecule has 1 N–H and O–H groups in total. The highest BCUT2D eigenvalue weighted by molar-refractivity contribution is 7.12. The molecule has 1 aromatic heterocycles. The van der Waals surface area contributed by atoms with E-state index >= 15 is 0 Å². The Morgan fingerprint density at radius 3 is 2.86 bits per heavy atom. The summed E-state index contributed by atoms with van der Waals surface area (Å²) in [6.45, 7) is 7.99. The maximum Gasteiger partial charge on any atom is 0.410 e. The van der Waals surface area contributed by atoms with E-state index in [1.807, 2.05) is 37.0 Å². The van der Waals surface area contributed by atoms with E-state index in [4.69, 9.17) is 4.74 Å². The number of amides is 1. The molecule has 1 saturated heterocycles. The van der Waals surface area contributed by atoms with Crippen molar-refractivity contribution >= 4 is 17.4 Å². The second-order valence-corrected chi connectivity index (χ2v) is 8.41. The number of fused-ring (bicyclic) bond motifs is 1. The summed E-state index contributed by atoms with van der Waals surface area (Å²) >= 11 is 1.93. The van der Waals surface area contributed by atoms with E-state index in [1.165, 1.54) is 36.1 Å². The summed E-state index contributed by atoms with van der Waals surface area (Å²) in [5, 5.41) is 3.55. The fourth-order valence-electron chi connectivity index (χ4n) is 3.12. The predicted molar refractivity (Wildman–Crippen MR) is 89.5 cm³/mol. The third kappa shape index (κ3) is 3.63. The topological polar surface area (TPSA) is 41.6 Å². The molecular weight excluding hydrogens is 296 g/mol. The molecule has 2 aliphatic rings. The van der Waals surface area contributed by atoms with Crippen molar-refractivity contribution in [3.8, 4) is 0 Å². The van der Waals surface area contributed by atoms with Gasteiger partial charge in [-0.1, -0.05) is 0 Å². The zero-order valence-corrected chi connectivity index (χ0v) is 14.6. The Hall–Kier alpha value is -1.07. The molecule has 22 heavy (non-hydrogen) atoms. The number of rotatable bonds is 1. The highest BCUT2D eigenvalue weighted by Gasteiger charge is 2.29. The van der Waals surface area contributed by atoms with Gasteiger partial charge in [-0.05, 0) is 58.1 Å². The lowest BCUT2D eigenvalue weighted by Gasteiger charge is -2.34. The first-order valence-electron chi connectivity index (χ1n) is 8.25. The van der Waals surface area contributed by atoms with Gasteiger partial charge in [0.25, 0.3) is 0 Å². The Kier molecular flexibility index (Phi) is 4.46. The number of carbonyl (C=O) groups is 1. The van der Waals surface area contributed by atoms with Crippen LogP contribution >= 0.6 is 11.3 Å². The molecule has 2 heterocycles. The molecule has 1 amide bonds. The monoisotopic (exact) mass is 322 g/mol. The Bertz CT molecular complexity index is 524. The van der Waals surface area contributed by atoms with Gasteiger partial charge >= 0.3 is 6.09 Å². The number of thiophene rings is 1. The van der Waals surface area contributed by atoms with Crippen molar-refractivity contribution in [2.75, 3.05) is 19.6 Å². The summed E-state index contributed by atoms with van der Waals surface area (Å²) in [5.41, 5.74) is 1.10. The zero-order chi connectivity index (χ0) is 15.7. The van der Waals surface area contributed by atoms with Gasteiger partial charge in [0.1, 0.15) is 5.60 Å². The van der Waals surface area contributed by atoms with Gasteiger partial charge in [-0.15, -0.1) is 11.3 Å². The van der Waals surface area contributed by atoms with E-state index in [0.717, 1.165) is 13.1 Å². The van der Waals surface area contributed by atoms with E-state index in [9.17, 15) is 4.79 Å². The van der Waals surface area contributed by atoms with Crippen molar-refractivity contribution in [3.05, 3.63) is 21.4 Å². The normalized spacial score (nSPS) is 22.3. The SMILES string of the molecule is CC(C)(C)OC(=O)N1CCNC(c2cc3c(s2)CCCC3)C1. The van der Waals surface area contributed by atoms with Gasteiger partial charge in [0.2, 0.25) is 0 Å².